The molecular formula is C20H19FN4O. The predicted octanol–water partition coefficient (Wildman–Crippen LogP) is 3.04. The maximum Gasteiger partial charge on any atom is 0.154 e. The summed E-state index contributed by atoms with van der Waals surface area (Å²) in [6, 6.07) is 7.10. The molecule has 0 N–H and O–H groups in total. The highest BCUT2D eigenvalue weighted by Gasteiger charge is 2.16. The van der Waals surface area contributed by atoms with Crippen LogP contribution < -0.4 is 0 Å². The number of benzene rings is 1. The van der Waals surface area contributed by atoms with Gasteiger partial charge < -0.3 is 0 Å². The summed E-state index contributed by atoms with van der Waals surface area (Å²) in [4.78, 5) is 27.2. The van der Waals surface area contributed by atoms with Crippen molar-refractivity contribution in [3.8, 4) is 11.1 Å². The number of likely N-dealkylation sites (tertiary alicyclic amines) is 1. The van der Waals surface area contributed by atoms with Gasteiger partial charge in [0.25, 0.3) is 0 Å². The molecule has 1 fully saturated rings. The van der Waals surface area contributed by atoms with E-state index in [2.05, 4.69) is 19.9 Å². The minimum Gasteiger partial charge on any atom is -0.298 e. The number of rotatable bonds is 5. The van der Waals surface area contributed by atoms with E-state index in [1.807, 2.05) is 18.2 Å². The van der Waals surface area contributed by atoms with Gasteiger partial charge in [0.05, 0.1) is 24.7 Å². The number of aromatic nitrogens is 3. The van der Waals surface area contributed by atoms with Crippen molar-refractivity contribution in [2.24, 2.45) is 0 Å². The van der Waals surface area contributed by atoms with Crippen LogP contribution in [-0.2, 0) is 11.2 Å². The van der Waals surface area contributed by atoms with Crippen LogP contribution in [0.4, 0.5) is 4.39 Å². The van der Waals surface area contributed by atoms with Gasteiger partial charge in [0, 0.05) is 23.3 Å². The summed E-state index contributed by atoms with van der Waals surface area (Å²) >= 11 is 0. The van der Waals surface area contributed by atoms with E-state index in [0.29, 0.717) is 17.9 Å². The Balaban J connectivity index is 1.56. The standard InChI is InChI=1S/C20H19FN4O/c21-17-7-16(10-22-12-17)14-3-4-15-11-23-20(24-19(15)8-14)9-18(26)13-25-5-1-2-6-25/h3-4,7-8,10-12H,1-2,5-6,9,13H2. The molecule has 132 valence electrons. The van der Waals surface area contributed by atoms with Crippen molar-refractivity contribution in [3.05, 3.63) is 54.5 Å². The van der Waals surface area contributed by atoms with Crippen LogP contribution >= 0.6 is 0 Å². The fourth-order valence-corrected chi connectivity index (χ4v) is 3.32. The number of halogens is 1. The minimum atomic E-state index is -0.376. The second-order valence-electron chi connectivity index (χ2n) is 6.65. The lowest BCUT2D eigenvalue weighted by atomic mass is 10.1. The third kappa shape index (κ3) is 3.75. The minimum absolute atomic E-state index is 0.136. The zero-order valence-corrected chi connectivity index (χ0v) is 14.4. The van der Waals surface area contributed by atoms with E-state index >= 15 is 0 Å². The normalized spacial score (nSPS) is 14.8. The van der Waals surface area contributed by atoms with Crippen LogP contribution in [-0.4, -0.2) is 45.3 Å². The van der Waals surface area contributed by atoms with Crippen molar-refractivity contribution in [2.75, 3.05) is 19.6 Å². The van der Waals surface area contributed by atoms with Crippen LogP contribution in [0.5, 0.6) is 0 Å². The fourth-order valence-electron chi connectivity index (χ4n) is 3.32. The highest BCUT2D eigenvalue weighted by Crippen LogP contribution is 2.23. The topological polar surface area (TPSA) is 59.0 Å². The Labute approximate surface area is 150 Å². The SMILES string of the molecule is O=C(Cc1ncc2ccc(-c3cncc(F)c3)cc2n1)CN1CCCC1. The van der Waals surface area contributed by atoms with E-state index in [4.69, 9.17) is 0 Å². The van der Waals surface area contributed by atoms with Gasteiger partial charge in [0.2, 0.25) is 0 Å². The molecule has 1 aliphatic rings. The number of carbonyl (C=O) groups is 1. The van der Waals surface area contributed by atoms with E-state index in [1.54, 1.807) is 12.4 Å². The number of hydrogen-bond donors (Lipinski definition) is 0. The van der Waals surface area contributed by atoms with Crippen molar-refractivity contribution in [2.45, 2.75) is 19.3 Å². The van der Waals surface area contributed by atoms with Gasteiger partial charge in [-0.1, -0.05) is 12.1 Å². The monoisotopic (exact) mass is 350 g/mol. The van der Waals surface area contributed by atoms with Crippen molar-refractivity contribution in [1.82, 2.24) is 19.9 Å². The Hall–Kier alpha value is -2.73. The number of fused-ring (bicyclic) bond motifs is 1. The summed E-state index contributed by atoms with van der Waals surface area (Å²) in [6.45, 7) is 2.46. The van der Waals surface area contributed by atoms with E-state index in [1.165, 1.54) is 12.3 Å². The number of pyridine rings is 1. The van der Waals surface area contributed by atoms with Crippen molar-refractivity contribution < 1.29 is 9.18 Å². The van der Waals surface area contributed by atoms with Crippen LogP contribution in [0, 0.1) is 5.82 Å². The summed E-state index contributed by atoms with van der Waals surface area (Å²) in [7, 11) is 0. The van der Waals surface area contributed by atoms with Crippen LogP contribution in [0.15, 0.2) is 42.9 Å². The van der Waals surface area contributed by atoms with Gasteiger partial charge in [-0.2, -0.15) is 0 Å². The van der Waals surface area contributed by atoms with Gasteiger partial charge >= 0.3 is 0 Å². The number of ketones is 1. The molecular weight excluding hydrogens is 331 g/mol. The van der Waals surface area contributed by atoms with Crippen molar-refractivity contribution in [1.29, 1.82) is 0 Å². The molecule has 2 aromatic heterocycles. The second-order valence-corrected chi connectivity index (χ2v) is 6.65. The summed E-state index contributed by atoms with van der Waals surface area (Å²) in [5.74, 6) is 0.284. The third-order valence-electron chi connectivity index (χ3n) is 4.62. The molecule has 0 spiro atoms. The first-order chi connectivity index (χ1) is 12.7. The van der Waals surface area contributed by atoms with Crippen LogP contribution in [0.3, 0.4) is 0 Å². The highest BCUT2D eigenvalue weighted by molar-refractivity contribution is 5.85. The largest absolute Gasteiger partial charge is 0.298 e. The zero-order valence-electron chi connectivity index (χ0n) is 14.4. The molecule has 0 unspecified atom stereocenters. The first-order valence-corrected chi connectivity index (χ1v) is 8.78. The average Bonchev–Trinajstić information content (AvgIpc) is 3.14. The highest BCUT2D eigenvalue weighted by atomic mass is 19.1. The fraction of sp³-hybridized carbons (Fsp3) is 0.300. The summed E-state index contributed by atoms with van der Waals surface area (Å²) in [5, 5.41) is 0.883. The molecule has 1 saturated heterocycles. The number of carbonyl (C=O) groups excluding carboxylic acids is 1. The summed E-state index contributed by atoms with van der Waals surface area (Å²) in [5.41, 5.74) is 2.26. The van der Waals surface area contributed by atoms with Crippen molar-refractivity contribution in [3.63, 3.8) is 0 Å². The molecule has 0 atom stereocenters. The van der Waals surface area contributed by atoms with Gasteiger partial charge in [-0.3, -0.25) is 14.7 Å². The zero-order chi connectivity index (χ0) is 17.9. The molecule has 5 nitrogen and oxygen atoms in total. The number of hydrogen-bond acceptors (Lipinski definition) is 5. The maximum atomic E-state index is 13.4. The van der Waals surface area contributed by atoms with Gasteiger partial charge in [0.1, 0.15) is 11.6 Å². The quantitative estimate of drug-likeness (QED) is 0.708. The van der Waals surface area contributed by atoms with Gasteiger partial charge in [-0.15, -0.1) is 0 Å². The Morgan fingerprint density at radius 3 is 2.73 bits per heavy atom. The van der Waals surface area contributed by atoms with E-state index in [9.17, 15) is 9.18 Å². The number of Topliss-reactive ketones (excluding diaryl/α,β-unsaturated/α-hetero) is 1. The molecule has 0 aliphatic carbocycles. The molecule has 3 heterocycles. The second kappa shape index (κ2) is 7.25. The maximum absolute atomic E-state index is 13.4. The molecule has 0 radical (unpaired) electrons. The van der Waals surface area contributed by atoms with Crippen LogP contribution in [0.2, 0.25) is 0 Å². The Morgan fingerprint density at radius 1 is 1.08 bits per heavy atom. The number of nitrogens with zero attached hydrogens (tertiary/aromatic N) is 4. The van der Waals surface area contributed by atoms with E-state index < -0.39 is 0 Å². The molecule has 0 amide bonds. The van der Waals surface area contributed by atoms with E-state index in [0.717, 1.165) is 42.4 Å². The third-order valence-corrected chi connectivity index (χ3v) is 4.62. The van der Waals surface area contributed by atoms with Gasteiger partial charge in [-0.05, 0) is 43.6 Å². The predicted molar refractivity (Wildman–Crippen MR) is 97.1 cm³/mol. The Kier molecular flexibility index (Phi) is 4.67. The van der Waals surface area contributed by atoms with Crippen LogP contribution in [0.1, 0.15) is 18.7 Å². The lowest BCUT2D eigenvalue weighted by Gasteiger charge is -2.12. The molecule has 0 saturated carbocycles. The summed E-state index contributed by atoms with van der Waals surface area (Å²) in [6.07, 6.45) is 7.09. The molecule has 4 rings (SSSR count). The molecule has 26 heavy (non-hydrogen) atoms. The average molecular weight is 350 g/mol. The van der Waals surface area contributed by atoms with Crippen molar-refractivity contribution >= 4 is 16.7 Å². The van der Waals surface area contributed by atoms with Gasteiger partial charge in [0.15, 0.2) is 5.78 Å². The Bertz CT molecular complexity index is 953. The molecule has 1 aliphatic heterocycles. The lowest BCUT2D eigenvalue weighted by molar-refractivity contribution is -0.119. The first kappa shape index (κ1) is 16.7. The molecule has 6 heteroatoms. The smallest absolute Gasteiger partial charge is 0.154 e. The molecule has 1 aromatic carbocycles. The summed E-state index contributed by atoms with van der Waals surface area (Å²) < 4.78 is 13.4. The Morgan fingerprint density at radius 2 is 1.92 bits per heavy atom. The van der Waals surface area contributed by atoms with E-state index in [-0.39, 0.29) is 18.0 Å². The first-order valence-electron chi connectivity index (χ1n) is 8.78. The van der Waals surface area contributed by atoms with Gasteiger partial charge in [-0.25, -0.2) is 14.4 Å². The van der Waals surface area contributed by atoms with Crippen LogP contribution in [0.25, 0.3) is 22.0 Å². The lowest BCUT2D eigenvalue weighted by Crippen LogP contribution is -2.28. The molecule has 3 aromatic rings. The molecule has 0 bridgehead atoms.